The van der Waals surface area contributed by atoms with Crippen LogP contribution in [0.1, 0.15) is 37.9 Å². The minimum Gasteiger partial charge on any atom is -0.469 e. The number of rotatable bonds is 13. The lowest BCUT2D eigenvalue weighted by Gasteiger charge is -2.14. The topological polar surface area (TPSA) is 154 Å². The molecular weight excluding hydrogens is 456 g/mol. The van der Waals surface area contributed by atoms with Crippen LogP contribution in [-0.4, -0.2) is 57.0 Å². The standard InChI is InChI=1S/C23H32N6O4S/c1-15(2)20-11-29(23(32)22(27-20)26-10-19(28-33)16(3)24)12-21(31)25-9-18(30)14-34-13-17-7-5-4-6-8-17/h4-8,11,15-16,33H,9-10,12-14,24H2,1-3H3,(H,25,31)(H,26,27)/p+1/b28-19-. The summed E-state index contributed by atoms with van der Waals surface area (Å²) < 4.78 is 1.26. The molecule has 1 heterocycles. The molecule has 1 atom stereocenters. The average Bonchev–Trinajstić information content (AvgIpc) is 2.80. The van der Waals surface area contributed by atoms with Crippen LogP contribution < -0.4 is 21.9 Å². The number of ketones is 1. The Kier molecular flexibility index (Phi) is 10.8. The zero-order chi connectivity index (χ0) is 25.1. The molecule has 1 amide bonds. The van der Waals surface area contributed by atoms with Gasteiger partial charge in [-0.3, -0.25) is 14.4 Å². The molecule has 6 N–H and O–H groups in total. The van der Waals surface area contributed by atoms with Gasteiger partial charge in [-0.2, -0.15) is 0 Å². The maximum Gasteiger partial charge on any atom is 0.293 e. The highest BCUT2D eigenvalue weighted by Crippen LogP contribution is 2.12. The molecule has 0 radical (unpaired) electrons. The Balaban J connectivity index is 1.95. The Morgan fingerprint density at radius 1 is 1.21 bits per heavy atom. The number of Topliss-reactive ketones (excluding diaryl/α,β-unsaturated/α-hetero) is 1. The van der Waals surface area contributed by atoms with Crippen molar-refractivity contribution >= 4 is 35.0 Å². The van der Waals surface area contributed by atoms with Crippen molar-refractivity contribution < 1.29 is 14.8 Å². The van der Waals surface area contributed by atoms with Gasteiger partial charge >= 0.3 is 0 Å². The van der Waals surface area contributed by atoms with Gasteiger partial charge in [-0.15, -0.1) is 11.8 Å². The predicted molar refractivity (Wildman–Crippen MR) is 136 cm³/mol. The second-order valence-corrected chi connectivity index (χ2v) is 9.13. The van der Waals surface area contributed by atoms with E-state index in [1.807, 2.05) is 44.2 Å². The SMILES string of the molecule is CC(N)/C(CNc1nc(C(C)C)cn(CC(=O)NCC(=O)CSCc2ccccc2)c1=O)=N\[OH2+]. The van der Waals surface area contributed by atoms with Crippen molar-refractivity contribution in [3.63, 3.8) is 0 Å². The van der Waals surface area contributed by atoms with Gasteiger partial charge in [0.25, 0.3) is 5.56 Å². The van der Waals surface area contributed by atoms with Gasteiger partial charge in [0.2, 0.25) is 5.91 Å². The Labute approximate surface area is 203 Å². The number of aromatic nitrogens is 2. The minimum atomic E-state index is -0.488. The van der Waals surface area contributed by atoms with E-state index in [1.165, 1.54) is 16.3 Å². The molecular formula is C23H33N6O4S+. The number of benzene rings is 1. The smallest absolute Gasteiger partial charge is 0.293 e. The third kappa shape index (κ3) is 8.64. The highest BCUT2D eigenvalue weighted by Gasteiger charge is 2.16. The van der Waals surface area contributed by atoms with E-state index in [2.05, 4.69) is 20.8 Å². The van der Waals surface area contributed by atoms with Gasteiger partial charge in [-0.25, -0.2) is 4.98 Å². The monoisotopic (exact) mass is 489 g/mol. The number of nitrogens with one attached hydrogen (secondary N) is 2. The predicted octanol–water partition coefficient (Wildman–Crippen LogP) is 0.825. The first-order chi connectivity index (χ1) is 16.2. The molecule has 0 spiro atoms. The van der Waals surface area contributed by atoms with Gasteiger partial charge in [-0.1, -0.05) is 44.2 Å². The van der Waals surface area contributed by atoms with E-state index < -0.39 is 17.5 Å². The second-order valence-electron chi connectivity index (χ2n) is 8.14. The number of hydrogen-bond acceptors (Lipinski definition) is 8. The first-order valence-electron chi connectivity index (χ1n) is 10.9. The van der Waals surface area contributed by atoms with E-state index in [9.17, 15) is 14.4 Å². The quantitative estimate of drug-likeness (QED) is 0.214. The van der Waals surface area contributed by atoms with Crippen molar-refractivity contribution in [3.8, 4) is 0 Å². The van der Waals surface area contributed by atoms with Crippen LogP contribution in [0.15, 0.2) is 46.5 Å². The molecule has 0 saturated carbocycles. The van der Waals surface area contributed by atoms with Crippen LogP contribution in [0, 0.1) is 0 Å². The summed E-state index contributed by atoms with van der Waals surface area (Å²) in [6.07, 6.45) is 1.54. The molecule has 0 aliphatic carbocycles. The molecule has 1 unspecified atom stereocenters. The number of nitrogens with two attached hydrogens (primary N) is 1. The molecule has 1 aromatic carbocycles. The largest absolute Gasteiger partial charge is 0.469 e. The lowest BCUT2D eigenvalue weighted by atomic mass is 10.1. The van der Waals surface area contributed by atoms with Gasteiger partial charge in [0.05, 0.1) is 35.7 Å². The molecule has 0 bridgehead atoms. The van der Waals surface area contributed by atoms with E-state index in [0.717, 1.165) is 11.3 Å². The lowest BCUT2D eigenvalue weighted by molar-refractivity contribution is -0.124. The van der Waals surface area contributed by atoms with Crippen molar-refractivity contribution in [2.24, 2.45) is 10.9 Å². The summed E-state index contributed by atoms with van der Waals surface area (Å²) in [7, 11) is 0. The summed E-state index contributed by atoms with van der Waals surface area (Å²) in [4.78, 5) is 41.7. The van der Waals surface area contributed by atoms with E-state index in [-0.39, 0.29) is 42.9 Å². The van der Waals surface area contributed by atoms with E-state index in [1.54, 1.807) is 13.1 Å². The van der Waals surface area contributed by atoms with Gasteiger partial charge in [0, 0.05) is 11.9 Å². The number of hydrogen-bond donors (Lipinski definition) is 3. The van der Waals surface area contributed by atoms with Crippen molar-refractivity contribution in [1.29, 1.82) is 0 Å². The molecule has 184 valence electrons. The molecule has 0 aliphatic rings. The molecule has 10 nitrogen and oxygen atoms in total. The Morgan fingerprint density at radius 2 is 1.91 bits per heavy atom. The summed E-state index contributed by atoms with van der Waals surface area (Å²) in [5.74, 6) is 0.524. The van der Waals surface area contributed by atoms with Gasteiger partial charge in [0.1, 0.15) is 12.3 Å². The van der Waals surface area contributed by atoms with E-state index in [0.29, 0.717) is 11.4 Å². The molecule has 0 saturated heterocycles. The maximum atomic E-state index is 12.8. The fourth-order valence-electron chi connectivity index (χ4n) is 2.86. The fraction of sp³-hybridized carbons (Fsp3) is 0.435. The molecule has 0 aliphatic heterocycles. The molecule has 2 rings (SSSR count). The molecule has 34 heavy (non-hydrogen) atoms. The van der Waals surface area contributed by atoms with Crippen LogP contribution in [0.2, 0.25) is 0 Å². The lowest BCUT2D eigenvalue weighted by Crippen LogP contribution is -2.38. The molecule has 11 heteroatoms. The second kappa shape index (κ2) is 13.5. The molecule has 1 aromatic heterocycles. The molecule has 0 fully saturated rings. The van der Waals surface area contributed by atoms with E-state index in [4.69, 9.17) is 10.9 Å². The highest BCUT2D eigenvalue weighted by atomic mass is 32.2. The number of carbonyl (C=O) groups is 2. The summed E-state index contributed by atoms with van der Waals surface area (Å²) in [5.41, 5.74) is 7.39. The van der Waals surface area contributed by atoms with Crippen molar-refractivity contribution in [3.05, 3.63) is 58.1 Å². The van der Waals surface area contributed by atoms with Gasteiger partial charge in [0.15, 0.2) is 11.6 Å². The summed E-state index contributed by atoms with van der Waals surface area (Å²) in [5, 5.41) is 16.1. The van der Waals surface area contributed by atoms with Gasteiger partial charge < -0.3 is 26.1 Å². The Hall–Kier alpha value is -3.18. The van der Waals surface area contributed by atoms with Crippen LogP contribution >= 0.6 is 11.8 Å². The number of amides is 1. The first-order valence-corrected chi connectivity index (χ1v) is 12.1. The molecule has 2 aromatic rings. The summed E-state index contributed by atoms with van der Waals surface area (Å²) >= 11 is 1.49. The van der Waals surface area contributed by atoms with Crippen LogP contribution in [0.4, 0.5) is 5.82 Å². The van der Waals surface area contributed by atoms with E-state index >= 15 is 0 Å². The maximum absolute atomic E-state index is 12.8. The van der Waals surface area contributed by atoms with Crippen LogP contribution in [0.3, 0.4) is 0 Å². The fourth-order valence-corrected chi connectivity index (χ4v) is 3.72. The normalized spacial score (nSPS) is 12.4. The summed E-state index contributed by atoms with van der Waals surface area (Å²) in [6.45, 7) is 5.29. The minimum absolute atomic E-state index is 0.0106. The number of carbonyl (C=O) groups excluding carboxylic acids is 2. The Bertz CT molecular complexity index is 1050. The van der Waals surface area contributed by atoms with Crippen molar-refractivity contribution in [1.82, 2.24) is 14.9 Å². The zero-order valence-corrected chi connectivity index (χ0v) is 20.5. The summed E-state index contributed by atoms with van der Waals surface area (Å²) in [6, 6.07) is 9.39. The average molecular weight is 490 g/mol. The van der Waals surface area contributed by atoms with Crippen LogP contribution in [0.5, 0.6) is 0 Å². The zero-order valence-electron chi connectivity index (χ0n) is 19.7. The highest BCUT2D eigenvalue weighted by molar-refractivity contribution is 7.99. The third-order valence-electron chi connectivity index (χ3n) is 4.86. The van der Waals surface area contributed by atoms with Gasteiger partial charge in [-0.05, 0) is 18.4 Å². The third-order valence-corrected chi connectivity index (χ3v) is 5.92. The van der Waals surface area contributed by atoms with Crippen molar-refractivity contribution in [2.45, 2.75) is 45.0 Å². The number of nitrogens with zero attached hydrogens (tertiary/aromatic N) is 3. The van der Waals surface area contributed by atoms with Crippen LogP contribution in [-0.2, 0) is 21.9 Å². The van der Waals surface area contributed by atoms with Crippen molar-refractivity contribution in [2.75, 3.05) is 24.2 Å². The first kappa shape index (κ1) is 27.1. The number of thioether (sulfide) groups is 1. The van der Waals surface area contributed by atoms with Crippen LogP contribution in [0.25, 0.3) is 0 Å². The Morgan fingerprint density at radius 3 is 2.53 bits per heavy atom. The number of anilines is 1.